The summed E-state index contributed by atoms with van der Waals surface area (Å²) in [5, 5.41) is 0. The van der Waals surface area contributed by atoms with Gasteiger partial charge in [0.15, 0.2) is 0 Å². The van der Waals surface area contributed by atoms with Crippen molar-refractivity contribution in [2.24, 2.45) is 11.7 Å². The Morgan fingerprint density at radius 3 is 2.40 bits per heavy atom. The minimum Gasteiger partial charge on any atom is -0.320 e. The van der Waals surface area contributed by atoms with E-state index in [1.54, 1.807) is 13.0 Å². The number of hydrogen-bond donors (Lipinski definition) is 1. The molecule has 0 aliphatic heterocycles. The van der Waals surface area contributed by atoms with E-state index in [0.717, 1.165) is 17.5 Å². The molecular weight excluding hydrogens is 249 g/mol. The Balaban J connectivity index is 2.28. The van der Waals surface area contributed by atoms with Crippen molar-refractivity contribution in [3.05, 3.63) is 70.5 Å². The second-order valence-electron chi connectivity index (χ2n) is 5.83. The standard InChI is InChI=1S/C18H22FN/c1-12(2)9-14-5-4-6-15(11-14)18(20)16-7-8-17(19)13(3)10-16/h4-8,10-12,18H,9,20H2,1-3H3. The van der Waals surface area contributed by atoms with E-state index >= 15 is 0 Å². The van der Waals surface area contributed by atoms with Crippen molar-refractivity contribution in [3.8, 4) is 0 Å². The summed E-state index contributed by atoms with van der Waals surface area (Å²) in [4.78, 5) is 0. The lowest BCUT2D eigenvalue weighted by Gasteiger charge is -2.15. The lowest BCUT2D eigenvalue weighted by molar-refractivity contribution is 0.616. The molecule has 0 aliphatic rings. The van der Waals surface area contributed by atoms with E-state index in [9.17, 15) is 4.39 Å². The van der Waals surface area contributed by atoms with Gasteiger partial charge in [-0.1, -0.05) is 50.2 Å². The Kier molecular flexibility index (Phi) is 4.56. The normalized spacial score (nSPS) is 12.7. The molecular formula is C18H22FN. The van der Waals surface area contributed by atoms with Gasteiger partial charge >= 0.3 is 0 Å². The molecule has 0 aliphatic carbocycles. The first kappa shape index (κ1) is 14.7. The number of hydrogen-bond acceptors (Lipinski definition) is 1. The van der Waals surface area contributed by atoms with Gasteiger partial charge in [-0.05, 0) is 47.6 Å². The topological polar surface area (TPSA) is 26.0 Å². The van der Waals surface area contributed by atoms with Crippen LogP contribution in [0.25, 0.3) is 0 Å². The van der Waals surface area contributed by atoms with Crippen molar-refractivity contribution in [2.45, 2.75) is 33.2 Å². The summed E-state index contributed by atoms with van der Waals surface area (Å²) >= 11 is 0. The highest BCUT2D eigenvalue weighted by atomic mass is 19.1. The van der Waals surface area contributed by atoms with E-state index in [1.165, 1.54) is 11.6 Å². The third-order valence-corrected chi connectivity index (χ3v) is 3.50. The first-order valence-corrected chi connectivity index (χ1v) is 7.08. The molecule has 20 heavy (non-hydrogen) atoms. The van der Waals surface area contributed by atoms with Crippen molar-refractivity contribution >= 4 is 0 Å². The van der Waals surface area contributed by atoms with Crippen LogP contribution in [0.3, 0.4) is 0 Å². The van der Waals surface area contributed by atoms with Crippen LogP contribution in [0.2, 0.25) is 0 Å². The highest BCUT2D eigenvalue weighted by molar-refractivity contribution is 5.36. The van der Waals surface area contributed by atoms with E-state index < -0.39 is 0 Å². The number of aryl methyl sites for hydroxylation is 1. The van der Waals surface area contributed by atoms with Gasteiger partial charge in [-0.15, -0.1) is 0 Å². The van der Waals surface area contributed by atoms with Gasteiger partial charge in [0.05, 0.1) is 6.04 Å². The minimum absolute atomic E-state index is 0.186. The van der Waals surface area contributed by atoms with E-state index in [2.05, 4.69) is 26.0 Å². The lowest BCUT2D eigenvalue weighted by atomic mass is 9.94. The van der Waals surface area contributed by atoms with Crippen LogP contribution >= 0.6 is 0 Å². The average molecular weight is 271 g/mol. The Hall–Kier alpha value is -1.67. The molecule has 0 bridgehead atoms. The summed E-state index contributed by atoms with van der Waals surface area (Å²) in [5.74, 6) is 0.434. The number of nitrogens with two attached hydrogens (primary N) is 1. The minimum atomic E-state index is -0.207. The van der Waals surface area contributed by atoms with E-state index in [-0.39, 0.29) is 11.9 Å². The summed E-state index contributed by atoms with van der Waals surface area (Å²) in [6.45, 7) is 6.17. The first-order valence-electron chi connectivity index (χ1n) is 7.08. The molecule has 0 radical (unpaired) electrons. The molecule has 0 spiro atoms. The van der Waals surface area contributed by atoms with Gasteiger partial charge in [0.1, 0.15) is 5.82 Å². The van der Waals surface area contributed by atoms with Crippen molar-refractivity contribution in [3.63, 3.8) is 0 Å². The largest absolute Gasteiger partial charge is 0.320 e. The quantitative estimate of drug-likeness (QED) is 0.877. The average Bonchev–Trinajstić information content (AvgIpc) is 2.40. The molecule has 1 unspecified atom stereocenters. The molecule has 0 amide bonds. The number of halogens is 1. The van der Waals surface area contributed by atoms with Gasteiger partial charge in [0.25, 0.3) is 0 Å². The van der Waals surface area contributed by atoms with Crippen LogP contribution < -0.4 is 5.73 Å². The van der Waals surface area contributed by atoms with Crippen molar-refractivity contribution in [1.82, 2.24) is 0 Å². The molecule has 0 saturated heterocycles. The number of benzene rings is 2. The Morgan fingerprint density at radius 1 is 1.05 bits per heavy atom. The predicted octanol–water partition coefficient (Wildman–Crippen LogP) is 4.38. The second-order valence-corrected chi connectivity index (χ2v) is 5.83. The molecule has 2 aromatic carbocycles. The van der Waals surface area contributed by atoms with Crippen LogP contribution in [0, 0.1) is 18.7 Å². The smallest absolute Gasteiger partial charge is 0.126 e. The molecule has 0 heterocycles. The van der Waals surface area contributed by atoms with Gasteiger partial charge in [0.2, 0.25) is 0 Å². The fraction of sp³-hybridized carbons (Fsp3) is 0.333. The molecule has 0 aromatic heterocycles. The van der Waals surface area contributed by atoms with E-state index in [1.807, 2.05) is 18.2 Å². The third kappa shape index (κ3) is 3.45. The van der Waals surface area contributed by atoms with Gasteiger partial charge in [-0.2, -0.15) is 0 Å². The molecule has 1 nitrogen and oxygen atoms in total. The van der Waals surface area contributed by atoms with Gasteiger partial charge < -0.3 is 5.73 Å². The predicted molar refractivity (Wildman–Crippen MR) is 82.2 cm³/mol. The van der Waals surface area contributed by atoms with Crippen LogP contribution in [-0.2, 0) is 6.42 Å². The summed E-state index contributed by atoms with van der Waals surface area (Å²) in [7, 11) is 0. The maximum Gasteiger partial charge on any atom is 0.126 e. The third-order valence-electron chi connectivity index (χ3n) is 3.50. The van der Waals surface area contributed by atoms with Crippen LogP contribution in [0.4, 0.5) is 4.39 Å². The van der Waals surface area contributed by atoms with Crippen molar-refractivity contribution in [2.75, 3.05) is 0 Å². The van der Waals surface area contributed by atoms with Crippen LogP contribution in [0.15, 0.2) is 42.5 Å². The summed E-state index contributed by atoms with van der Waals surface area (Å²) in [5.41, 5.74) is 10.3. The zero-order valence-electron chi connectivity index (χ0n) is 12.4. The maximum atomic E-state index is 13.3. The molecule has 1 atom stereocenters. The first-order chi connectivity index (χ1) is 9.47. The Morgan fingerprint density at radius 2 is 1.75 bits per heavy atom. The van der Waals surface area contributed by atoms with Crippen molar-refractivity contribution in [1.29, 1.82) is 0 Å². The molecule has 2 rings (SSSR count). The number of rotatable bonds is 4. The highest BCUT2D eigenvalue weighted by Crippen LogP contribution is 2.23. The summed E-state index contributed by atoms with van der Waals surface area (Å²) in [6.07, 6.45) is 1.04. The van der Waals surface area contributed by atoms with Crippen molar-refractivity contribution < 1.29 is 4.39 Å². The Labute approximate surface area is 120 Å². The highest BCUT2D eigenvalue weighted by Gasteiger charge is 2.11. The molecule has 2 N–H and O–H groups in total. The van der Waals surface area contributed by atoms with Gasteiger partial charge in [0, 0.05) is 0 Å². The monoisotopic (exact) mass is 271 g/mol. The molecule has 106 valence electrons. The molecule has 2 heteroatoms. The van der Waals surface area contributed by atoms with E-state index in [0.29, 0.717) is 11.5 Å². The van der Waals surface area contributed by atoms with Crippen LogP contribution in [0.1, 0.15) is 42.1 Å². The zero-order valence-corrected chi connectivity index (χ0v) is 12.4. The summed E-state index contributed by atoms with van der Waals surface area (Å²) in [6, 6.07) is 13.2. The van der Waals surface area contributed by atoms with E-state index in [4.69, 9.17) is 5.73 Å². The van der Waals surface area contributed by atoms with Gasteiger partial charge in [-0.3, -0.25) is 0 Å². The van der Waals surface area contributed by atoms with Crippen LogP contribution in [-0.4, -0.2) is 0 Å². The lowest BCUT2D eigenvalue weighted by Crippen LogP contribution is -2.12. The fourth-order valence-electron chi connectivity index (χ4n) is 2.44. The second kappa shape index (κ2) is 6.19. The molecule has 2 aromatic rings. The zero-order chi connectivity index (χ0) is 14.7. The Bertz CT molecular complexity index is 590. The maximum absolute atomic E-state index is 13.3. The SMILES string of the molecule is Cc1cc(C(N)c2cccc(CC(C)C)c2)ccc1F. The fourth-order valence-corrected chi connectivity index (χ4v) is 2.44. The summed E-state index contributed by atoms with van der Waals surface area (Å²) < 4.78 is 13.3. The van der Waals surface area contributed by atoms with Crippen LogP contribution in [0.5, 0.6) is 0 Å². The molecule has 0 saturated carbocycles. The molecule has 0 fully saturated rings. The van der Waals surface area contributed by atoms with Gasteiger partial charge in [-0.25, -0.2) is 4.39 Å².